The second-order valence-corrected chi connectivity index (χ2v) is 4.70. The highest BCUT2D eigenvalue weighted by Crippen LogP contribution is 2.45. The lowest BCUT2D eigenvalue weighted by Crippen LogP contribution is -2.44. The number of hydrogen-bond acceptors (Lipinski definition) is 2. The Morgan fingerprint density at radius 2 is 2.00 bits per heavy atom. The molecule has 1 atom stereocenters. The quantitative estimate of drug-likeness (QED) is 0.674. The van der Waals surface area contributed by atoms with Crippen molar-refractivity contribution in [2.75, 3.05) is 19.8 Å². The van der Waals surface area contributed by atoms with Crippen LogP contribution in [0.15, 0.2) is 0 Å². The molecule has 2 fully saturated rings. The summed E-state index contributed by atoms with van der Waals surface area (Å²) in [6.45, 7) is 2.78. The van der Waals surface area contributed by atoms with Crippen LogP contribution in [0.25, 0.3) is 0 Å². The Morgan fingerprint density at radius 3 is 2.69 bits per heavy atom. The molecule has 0 aromatic heterocycles. The van der Waals surface area contributed by atoms with Gasteiger partial charge in [-0.15, -0.1) is 0 Å². The number of hydrogen-bond donors (Lipinski definition) is 1. The minimum atomic E-state index is 0.477. The Kier molecular flexibility index (Phi) is 2.89. The number of rotatable bonds is 1. The van der Waals surface area contributed by atoms with Gasteiger partial charge >= 0.3 is 0 Å². The molecule has 2 rings (SSSR count). The van der Waals surface area contributed by atoms with Gasteiger partial charge in [-0.1, -0.05) is 19.3 Å². The predicted octanol–water partition coefficient (Wildman–Crippen LogP) is 1.93. The molecule has 1 unspecified atom stereocenters. The second kappa shape index (κ2) is 3.97. The standard InChI is InChI=1S/C11H21NO/c12-8-10-4-7-13-9-11(10)5-2-1-3-6-11/h10H,1-9,12H2. The molecule has 0 bridgehead atoms. The Hall–Kier alpha value is -0.0800. The lowest BCUT2D eigenvalue weighted by atomic mass is 9.64. The summed E-state index contributed by atoms with van der Waals surface area (Å²) in [7, 11) is 0. The zero-order valence-electron chi connectivity index (χ0n) is 8.43. The van der Waals surface area contributed by atoms with Crippen LogP contribution < -0.4 is 5.73 Å². The average molecular weight is 183 g/mol. The van der Waals surface area contributed by atoms with Gasteiger partial charge in [0.15, 0.2) is 0 Å². The van der Waals surface area contributed by atoms with E-state index in [0.717, 1.165) is 25.7 Å². The van der Waals surface area contributed by atoms with Crippen LogP contribution in [0.5, 0.6) is 0 Å². The SMILES string of the molecule is NCC1CCOCC12CCCCC2. The fourth-order valence-corrected chi connectivity index (χ4v) is 3.10. The first-order valence-electron chi connectivity index (χ1n) is 5.65. The summed E-state index contributed by atoms with van der Waals surface area (Å²) < 4.78 is 5.64. The summed E-state index contributed by atoms with van der Waals surface area (Å²) in [4.78, 5) is 0. The third kappa shape index (κ3) is 1.75. The van der Waals surface area contributed by atoms with Crippen LogP contribution in [0.4, 0.5) is 0 Å². The first-order valence-corrected chi connectivity index (χ1v) is 5.65. The average Bonchev–Trinajstić information content (AvgIpc) is 2.20. The van der Waals surface area contributed by atoms with Crippen molar-refractivity contribution in [2.24, 2.45) is 17.1 Å². The molecule has 2 aliphatic rings. The maximum absolute atomic E-state index is 5.85. The van der Waals surface area contributed by atoms with Crippen LogP contribution in [0.3, 0.4) is 0 Å². The molecule has 1 saturated carbocycles. The van der Waals surface area contributed by atoms with E-state index >= 15 is 0 Å². The molecule has 1 aliphatic carbocycles. The van der Waals surface area contributed by atoms with Crippen molar-refractivity contribution in [3.05, 3.63) is 0 Å². The minimum Gasteiger partial charge on any atom is -0.381 e. The van der Waals surface area contributed by atoms with Gasteiger partial charge in [-0.05, 0) is 37.1 Å². The van der Waals surface area contributed by atoms with Crippen molar-refractivity contribution < 1.29 is 4.74 Å². The van der Waals surface area contributed by atoms with Gasteiger partial charge in [-0.2, -0.15) is 0 Å². The molecule has 0 radical (unpaired) electrons. The molecule has 1 saturated heterocycles. The van der Waals surface area contributed by atoms with E-state index in [4.69, 9.17) is 10.5 Å². The highest BCUT2D eigenvalue weighted by atomic mass is 16.5. The normalized spacial score (nSPS) is 33.5. The van der Waals surface area contributed by atoms with Crippen LogP contribution in [0, 0.1) is 11.3 Å². The summed E-state index contributed by atoms with van der Waals surface area (Å²) in [6.07, 6.45) is 8.10. The first-order chi connectivity index (χ1) is 6.37. The molecule has 0 amide bonds. The molecule has 0 aromatic carbocycles. The van der Waals surface area contributed by atoms with E-state index in [1.807, 2.05) is 0 Å². The van der Waals surface area contributed by atoms with Gasteiger partial charge in [-0.3, -0.25) is 0 Å². The lowest BCUT2D eigenvalue weighted by Gasteiger charge is -2.46. The van der Waals surface area contributed by atoms with Crippen molar-refractivity contribution in [2.45, 2.75) is 38.5 Å². The van der Waals surface area contributed by atoms with Crippen molar-refractivity contribution in [1.29, 1.82) is 0 Å². The Bertz CT molecular complexity index is 155. The predicted molar refractivity (Wildman–Crippen MR) is 53.5 cm³/mol. The van der Waals surface area contributed by atoms with Crippen LogP contribution in [-0.2, 0) is 4.74 Å². The molecule has 1 heterocycles. The van der Waals surface area contributed by atoms with Gasteiger partial charge < -0.3 is 10.5 Å². The topological polar surface area (TPSA) is 35.2 Å². The van der Waals surface area contributed by atoms with E-state index in [1.54, 1.807) is 0 Å². The van der Waals surface area contributed by atoms with Crippen LogP contribution in [0.2, 0.25) is 0 Å². The monoisotopic (exact) mass is 183 g/mol. The first kappa shape index (κ1) is 9.47. The van der Waals surface area contributed by atoms with Gasteiger partial charge in [0.05, 0.1) is 6.61 Å². The van der Waals surface area contributed by atoms with E-state index in [9.17, 15) is 0 Å². The zero-order chi connectivity index (χ0) is 9.15. The Morgan fingerprint density at radius 1 is 1.23 bits per heavy atom. The molecule has 0 aromatic rings. The number of ether oxygens (including phenoxy) is 1. The summed E-state index contributed by atoms with van der Waals surface area (Å²) in [5.41, 5.74) is 6.33. The van der Waals surface area contributed by atoms with Crippen LogP contribution in [-0.4, -0.2) is 19.8 Å². The third-order valence-corrected chi connectivity index (χ3v) is 4.00. The van der Waals surface area contributed by atoms with E-state index in [1.165, 1.54) is 38.5 Å². The zero-order valence-corrected chi connectivity index (χ0v) is 8.43. The summed E-state index contributed by atoms with van der Waals surface area (Å²) in [5, 5.41) is 0. The molecule has 13 heavy (non-hydrogen) atoms. The summed E-state index contributed by atoms with van der Waals surface area (Å²) in [5.74, 6) is 0.738. The Balaban J connectivity index is 2.06. The maximum Gasteiger partial charge on any atom is 0.0525 e. The van der Waals surface area contributed by atoms with Gasteiger partial charge in [0.2, 0.25) is 0 Å². The van der Waals surface area contributed by atoms with Gasteiger partial charge in [0.1, 0.15) is 0 Å². The molecule has 1 aliphatic heterocycles. The van der Waals surface area contributed by atoms with Crippen molar-refractivity contribution in [3.63, 3.8) is 0 Å². The second-order valence-electron chi connectivity index (χ2n) is 4.70. The van der Waals surface area contributed by atoms with Gasteiger partial charge in [0.25, 0.3) is 0 Å². The smallest absolute Gasteiger partial charge is 0.0525 e. The highest BCUT2D eigenvalue weighted by molar-refractivity contribution is 4.91. The highest BCUT2D eigenvalue weighted by Gasteiger charge is 2.41. The summed E-state index contributed by atoms with van der Waals surface area (Å²) >= 11 is 0. The molecule has 2 heteroatoms. The molecular weight excluding hydrogens is 162 g/mol. The number of nitrogens with two attached hydrogens (primary N) is 1. The molecular formula is C11H21NO. The van der Waals surface area contributed by atoms with Crippen molar-refractivity contribution >= 4 is 0 Å². The van der Waals surface area contributed by atoms with E-state index in [0.29, 0.717) is 5.41 Å². The lowest BCUT2D eigenvalue weighted by molar-refractivity contribution is -0.0689. The molecule has 1 spiro atoms. The molecule has 2 N–H and O–H groups in total. The van der Waals surface area contributed by atoms with Crippen molar-refractivity contribution in [1.82, 2.24) is 0 Å². The van der Waals surface area contributed by atoms with Crippen LogP contribution >= 0.6 is 0 Å². The molecule has 76 valence electrons. The van der Waals surface area contributed by atoms with Crippen LogP contribution in [0.1, 0.15) is 38.5 Å². The van der Waals surface area contributed by atoms with E-state index < -0.39 is 0 Å². The van der Waals surface area contributed by atoms with Crippen molar-refractivity contribution in [3.8, 4) is 0 Å². The van der Waals surface area contributed by atoms with Gasteiger partial charge in [-0.25, -0.2) is 0 Å². The fraction of sp³-hybridized carbons (Fsp3) is 1.00. The van der Waals surface area contributed by atoms with Gasteiger partial charge in [0, 0.05) is 6.61 Å². The molecule has 2 nitrogen and oxygen atoms in total. The van der Waals surface area contributed by atoms with E-state index in [2.05, 4.69) is 0 Å². The largest absolute Gasteiger partial charge is 0.381 e. The van der Waals surface area contributed by atoms with E-state index in [-0.39, 0.29) is 0 Å². The summed E-state index contributed by atoms with van der Waals surface area (Å²) in [6, 6.07) is 0. The maximum atomic E-state index is 5.85. The minimum absolute atomic E-state index is 0.477. The third-order valence-electron chi connectivity index (χ3n) is 4.00. The fourth-order valence-electron chi connectivity index (χ4n) is 3.10. The Labute approximate surface area is 80.8 Å².